The summed E-state index contributed by atoms with van der Waals surface area (Å²) in [5, 5.41) is 2.39. The van der Waals surface area contributed by atoms with Crippen LogP contribution in [0.25, 0.3) is 0 Å². The van der Waals surface area contributed by atoms with Crippen LogP contribution in [0.15, 0.2) is 24.3 Å². The second-order valence-electron chi connectivity index (χ2n) is 5.36. The lowest BCUT2D eigenvalue weighted by Gasteiger charge is -2.42. The van der Waals surface area contributed by atoms with Crippen molar-refractivity contribution in [1.29, 1.82) is 0 Å². The van der Waals surface area contributed by atoms with E-state index < -0.39 is 23.7 Å². The second kappa shape index (κ2) is 5.25. The molecule has 0 aromatic heterocycles. The Labute approximate surface area is 128 Å². The van der Waals surface area contributed by atoms with E-state index in [-0.39, 0.29) is 37.1 Å². The van der Waals surface area contributed by atoms with Gasteiger partial charge in [-0.3, -0.25) is 14.5 Å². The van der Waals surface area contributed by atoms with E-state index >= 15 is 0 Å². The molecule has 0 atom stereocenters. The number of alkyl halides is 3. The molecule has 1 N–H and O–H groups in total. The van der Waals surface area contributed by atoms with Crippen molar-refractivity contribution in [2.75, 3.05) is 19.6 Å². The minimum Gasteiger partial charge on any atom is -0.334 e. The van der Waals surface area contributed by atoms with Crippen LogP contribution in [0.3, 0.4) is 0 Å². The average molecular weight is 327 g/mol. The summed E-state index contributed by atoms with van der Waals surface area (Å²) in [7, 11) is 0. The first-order valence-electron chi connectivity index (χ1n) is 6.84. The van der Waals surface area contributed by atoms with Crippen molar-refractivity contribution >= 4 is 17.8 Å². The molecule has 1 aromatic carbocycles. The number of rotatable bonds is 2. The average Bonchev–Trinajstić information content (AvgIpc) is 2.77. The van der Waals surface area contributed by atoms with Gasteiger partial charge in [0.2, 0.25) is 5.91 Å². The quantitative estimate of drug-likeness (QED) is 0.827. The van der Waals surface area contributed by atoms with Crippen molar-refractivity contribution in [2.45, 2.75) is 12.2 Å². The Kier molecular flexibility index (Phi) is 3.50. The van der Waals surface area contributed by atoms with Crippen LogP contribution in [-0.2, 0) is 11.0 Å². The Bertz CT molecular complexity index is 650. The fourth-order valence-electron chi connectivity index (χ4n) is 2.57. The molecule has 0 aliphatic carbocycles. The van der Waals surface area contributed by atoms with Crippen molar-refractivity contribution in [3.63, 3.8) is 0 Å². The van der Waals surface area contributed by atoms with Crippen LogP contribution in [0.4, 0.5) is 18.0 Å². The summed E-state index contributed by atoms with van der Waals surface area (Å²) in [6, 6.07) is 3.06. The highest BCUT2D eigenvalue weighted by atomic mass is 19.4. The third-order valence-electron chi connectivity index (χ3n) is 3.85. The van der Waals surface area contributed by atoms with Gasteiger partial charge in [-0.15, -0.1) is 0 Å². The maximum atomic E-state index is 12.5. The van der Waals surface area contributed by atoms with E-state index in [0.29, 0.717) is 0 Å². The Morgan fingerprint density at radius 3 is 2.22 bits per heavy atom. The number of halogens is 3. The Morgan fingerprint density at radius 2 is 1.74 bits per heavy atom. The SMILES string of the molecule is O=C(c1ccc(C(F)(F)F)cc1)N1CC(N2C(=O)CNC2=O)C1. The van der Waals surface area contributed by atoms with Gasteiger partial charge in [-0.05, 0) is 24.3 Å². The minimum absolute atomic E-state index is 0.0534. The molecule has 1 aromatic rings. The maximum Gasteiger partial charge on any atom is 0.416 e. The molecule has 4 amide bonds. The molecular formula is C14H12F3N3O3. The molecule has 23 heavy (non-hydrogen) atoms. The number of imide groups is 1. The number of carbonyl (C=O) groups excluding carboxylic acids is 3. The molecule has 0 bridgehead atoms. The van der Waals surface area contributed by atoms with E-state index in [1.165, 1.54) is 4.90 Å². The molecule has 122 valence electrons. The number of hydrogen-bond acceptors (Lipinski definition) is 3. The lowest BCUT2D eigenvalue weighted by Crippen LogP contribution is -2.62. The maximum absolute atomic E-state index is 12.5. The summed E-state index contributed by atoms with van der Waals surface area (Å²) < 4.78 is 37.4. The molecule has 2 heterocycles. The third-order valence-corrected chi connectivity index (χ3v) is 3.85. The number of nitrogens with zero attached hydrogens (tertiary/aromatic N) is 2. The summed E-state index contributed by atoms with van der Waals surface area (Å²) in [5.74, 6) is -0.774. The second-order valence-corrected chi connectivity index (χ2v) is 5.36. The van der Waals surface area contributed by atoms with Crippen LogP contribution in [-0.4, -0.2) is 53.3 Å². The van der Waals surface area contributed by atoms with Crippen LogP contribution in [0.1, 0.15) is 15.9 Å². The molecule has 0 radical (unpaired) electrons. The summed E-state index contributed by atoms with van der Waals surface area (Å²) in [6.07, 6.45) is -4.45. The molecule has 2 aliphatic heterocycles. The molecule has 9 heteroatoms. The van der Waals surface area contributed by atoms with Crippen molar-refractivity contribution in [3.05, 3.63) is 35.4 Å². The van der Waals surface area contributed by atoms with Gasteiger partial charge in [0.25, 0.3) is 5.91 Å². The molecule has 6 nitrogen and oxygen atoms in total. The first-order chi connectivity index (χ1) is 10.8. The van der Waals surface area contributed by atoms with Gasteiger partial charge < -0.3 is 10.2 Å². The van der Waals surface area contributed by atoms with Crippen LogP contribution in [0.5, 0.6) is 0 Å². The van der Waals surface area contributed by atoms with Crippen molar-refractivity contribution in [1.82, 2.24) is 15.1 Å². The van der Waals surface area contributed by atoms with Gasteiger partial charge in [0, 0.05) is 18.7 Å². The summed E-state index contributed by atoms with van der Waals surface area (Å²) in [5.41, 5.74) is -0.691. The number of hydrogen-bond donors (Lipinski definition) is 1. The topological polar surface area (TPSA) is 69.7 Å². The van der Waals surface area contributed by atoms with Crippen LogP contribution >= 0.6 is 0 Å². The fraction of sp³-hybridized carbons (Fsp3) is 0.357. The van der Waals surface area contributed by atoms with E-state index in [2.05, 4.69) is 5.32 Å². The fourth-order valence-corrected chi connectivity index (χ4v) is 2.57. The van der Waals surface area contributed by atoms with Gasteiger partial charge in [0.15, 0.2) is 0 Å². The summed E-state index contributed by atoms with van der Waals surface area (Å²) in [4.78, 5) is 37.6. The molecular weight excluding hydrogens is 315 g/mol. The van der Waals surface area contributed by atoms with Gasteiger partial charge in [0.1, 0.15) is 0 Å². The van der Waals surface area contributed by atoms with Crippen molar-refractivity contribution < 1.29 is 27.6 Å². The lowest BCUT2D eigenvalue weighted by molar-refractivity contribution is -0.137. The molecule has 0 saturated carbocycles. The van der Waals surface area contributed by atoms with E-state index in [1.807, 2.05) is 0 Å². The van der Waals surface area contributed by atoms with Gasteiger partial charge in [-0.2, -0.15) is 13.2 Å². The first-order valence-corrected chi connectivity index (χ1v) is 6.84. The number of amides is 4. The zero-order valence-electron chi connectivity index (χ0n) is 11.8. The molecule has 2 saturated heterocycles. The first kappa shape index (κ1) is 15.3. The van der Waals surface area contributed by atoms with Crippen LogP contribution < -0.4 is 5.32 Å². The highest BCUT2D eigenvalue weighted by Crippen LogP contribution is 2.29. The lowest BCUT2D eigenvalue weighted by atomic mass is 10.0. The van der Waals surface area contributed by atoms with E-state index in [4.69, 9.17) is 0 Å². The highest BCUT2D eigenvalue weighted by molar-refractivity contribution is 6.03. The minimum atomic E-state index is -4.45. The van der Waals surface area contributed by atoms with Gasteiger partial charge in [0.05, 0.1) is 18.2 Å². The number of likely N-dealkylation sites (tertiary alicyclic amines) is 1. The zero-order valence-corrected chi connectivity index (χ0v) is 11.8. The standard InChI is InChI=1S/C14H12F3N3O3/c15-14(16,17)9-3-1-8(2-4-9)12(22)19-6-10(7-19)20-11(21)5-18-13(20)23/h1-4,10H,5-7H2,(H,18,23). The Balaban J connectivity index is 1.63. The van der Waals surface area contributed by atoms with Crippen molar-refractivity contribution in [3.8, 4) is 0 Å². The number of carbonyl (C=O) groups is 3. The van der Waals surface area contributed by atoms with Gasteiger partial charge in [-0.1, -0.05) is 0 Å². The van der Waals surface area contributed by atoms with E-state index in [1.54, 1.807) is 0 Å². The normalized spacial score (nSPS) is 18.9. The molecule has 0 spiro atoms. The number of urea groups is 1. The molecule has 2 fully saturated rings. The van der Waals surface area contributed by atoms with Crippen LogP contribution in [0, 0.1) is 0 Å². The summed E-state index contributed by atoms with van der Waals surface area (Å²) in [6.45, 7) is 0.306. The highest BCUT2D eigenvalue weighted by Gasteiger charge is 2.43. The van der Waals surface area contributed by atoms with Gasteiger partial charge >= 0.3 is 12.2 Å². The molecule has 3 rings (SSSR count). The third kappa shape index (κ3) is 2.73. The zero-order chi connectivity index (χ0) is 16.8. The molecule has 0 unspecified atom stereocenters. The summed E-state index contributed by atoms with van der Waals surface area (Å²) >= 11 is 0. The predicted molar refractivity (Wildman–Crippen MR) is 71.4 cm³/mol. The van der Waals surface area contributed by atoms with E-state index in [0.717, 1.165) is 29.2 Å². The molecule has 2 aliphatic rings. The largest absolute Gasteiger partial charge is 0.416 e. The predicted octanol–water partition coefficient (Wildman–Crippen LogP) is 1.08. The Hall–Kier alpha value is -2.58. The van der Waals surface area contributed by atoms with Gasteiger partial charge in [-0.25, -0.2) is 4.79 Å². The number of nitrogens with one attached hydrogen (secondary N) is 1. The van der Waals surface area contributed by atoms with Crippen molar-refractivity contribution in [2.24, 2.45) is 0 Å². The number of benzene rings is 1. The Morgan fingerprint density at radius 1 is 1.13 bits per heavy atom. The van der Waals surface area contributed by atoms with Crippen LogP contribution in [0.2, 0.25) is 0 Å². The monoisotopic (exact) mass is 327 g/mol. The van der Waals surface area contributed by atoms with E-state index in [9.17, 15) is 27.6 Å². The smallest absolute Gasteiger partial charge is 0.334 e.